The maximum Gasteiger partial charge on any atom is 0.242 e. The molecule has 3 nitrogen and oxygen atoms in total. The molecule has 2 aromatic carbocycles. The predicted octanol–water partition coefficient (Wildman–Crippen LogP) is 3.83. The van der Waals surface area contributed by atoms with Crippen molar-refractivity contribution in [1.29, 1.82) is 0 Å². The van der Waals surface area contributed by atoms with E-state index < -0.39 is 17.1 Å². The van der Waals surface area contributed by atoms with Crippen molar-refractivity contribution in [1.82, 2.24) is 0 Å². The zero-order valence-corrected chi connectivity index (χ0v) is 17.5. The van der Waals surface area contributed by atoms with Crippen LogP contribution in [0, 0.1) is 0 Å². The van der Waals surface area contributed by atoms with E-state index in [1.807, 2.05) is 36.4 Å². The molecule has 5 heteroatoms. The van der Waals surface area contributed by atoms with Crippen LogP contribution in [-0.2, 0) is 0 Å². The van der Waals surface area contributed by atoms with Crippen molar-refractivity contribution in [3.05, 3.63) is 53.6 Å². The summed E-state index contributed by atoms with van der Waals surface area (Å²) >= 11 is 0. The average molecular weight is 359 g/mol. The molecule has 0 fully saturated rings. The Hall–Kier alpha value is -1.86. The number of para-hydroxylation sites is 1. The Kier molecular flexibility index (Phi) is 5.67. The van der Waals surface area contributed by atoms with E-state index in [-0.39, 0.29) is 5.78 Å². The summed E-state index contributed by atoms with van der Waals surface area (Å²) in [5, 5.41) is 1.18. The van der Waals surface area contributed by atoms with Crippen LogP contribution < -0.4 is 14.3 Å². The van der Waals surface area contributed by atoms with Crippen LogP contribution in [-0.4, -0.2) is 30.0 Å². The molecule has 0 heterocycles. The van der Waals surface area contributed by atoms with Crippen molar-refractivity contribution < 1.29 is 14.0 Å². The molecule has 0 saturated carbocycles. The third-order valence-corrected chi connectivity index (χ3v) is 6.20. The van der Waals surface area contributed by atoms with Crippen LogP contribution in [0.15, 0.2) is 42.5 Å². The Bertz CT molecular complexity index is 716. The van der Waals surface area contributed by atoms with E-state index in [1.165, 1.54) is 5.19 Å². The first kappa shape index (κ1) is 18.5. The average Bonchev–Trinajstić information content (AvgIpc) is 2.52. The largest absolute Gasteiger partial charge is 0.544 e. The second-order valence-electron chi connectivity index (χ2n) is 7.15. The van der Waals surface area contributed by atoms with Crippen LogP contribution in [0.25, 0.3) is 0 Å². The Labute approximate surface area is 147 Å². The van der Waals surface area contributed by atoms with Gasteiger partial charge in [-0.05, 0) is 55.2 Å². The highest BCUT2D eigenvalue weighted by molar-refractivity contribution is 6.71. The van der Waals surface area contributed by atoms with E-state index in [2.05, 4.69) is 38.8 Å². The van der Waals surface area contributed by atoms with Crippen LogP contribution in [0.3, 0.4) is 0 Å². The lowest BCUT2D eigenvalue weighted by Crippen LogP contribution is -2.29. The maximum absolute atomic E-state index is 12.9. The summed E-state index contributed by atoms with van der Waals surface area (Å²) in [6, 6.07) is 13.3. The van der Waals surface area contributed by atoms with Crippen LogP contribution >= 0.6 is 0 Å². The first-order chi connectivity index (χ1) is 11.2. The van der Waals surface area contributed by atoms with Gasteiger partial charge in [0.05, 0.1) is 21.5 Å². The van der Waals surface area contributed by atoms with Crippen molar-refractivity contribution in [3.63, 3.8) is 0 Å². The number of carbonyl (C=O) groups excluding carboxylic acids is 1. The third-order valence-electron chi connectivity index (χ3n) is 3.66. The SMILES string of the molecule is COc1c(C(=O)c2ccc(O[Si](C)(C)C)cc2)cccc1[SiH](C)C. The van der Waals surface area contributed by atoms with Gasteiger partial charge in [-0.15, -0.1) is 0 Å². The number of ether oxygens (including phenoxy) is 1. The van der Waals surface area contributed by atoms with Crippen molar-refractivity contribution in [2.45, 2.75) is 32.7 Å². The van der Waals surface area contributed by atoms with E-state index in [4.69, 9.17) is 9.16 Å². The molecular weight excluding hydrogens is 332 g/mol. The van der Waals surface area contributed by atoms with Gasteiger partial charge in [0.25, 0.3) is 0 Å². The summed E-state index contributed by atoms with van der Waals surface area (Å²) in [5.41, 5.74) is 1.29. The van der Waals surface area contributed by atoms with Gasteiger partial charge >= 0.3 is 0 Å². The standard InChI is InChI=1S/C19H26O3Si2/c1-21-19-16(8-7-9-17(19)23(2)3)18(20)14-10-12-15(13-11-14)22-24(4,5)6/h7-13,23H,1-6H3. The van der Waals surface area contributed by atoms with E-state index in [0.29, 0.717) is 11.1 Å². The molecule has 128 valence electrons. The topological polar surface area (TPSA) is 35.5 Å². The Morgan fingerprint density at radius 2 is 1.62 bits per heavy atom. The van der Waals surface area contributed by atoms with E-state index in [1.54, 1.807) is 7.11 Å². The zero-order valence-electron chi connectivity index (χ0n) is 15.3. The van der Waals surface area contributed by atoms with Gasteiger partial charge in [0.1, 0.15) is 11.5 Å². The van der Waals surface area contributed by atoms with Crippen LogP contribution in [0.4, 0.5) is 0 Å². The number of benzene rings is 2. The van der Waals surface area contributed by atoms with Gasteiger partial charge in [0.15, 0.2) is 5.78 Å². The first-order valence-electron chi connectivity index (χ1n) is 8.23. The van der Waals surface area contributed by atoms with Gasteiger partial charge in [0, 0.05) is 5.56 Å². The van der Waals surface area contributed by atoms with Gasteiger partial charge in [-0.2, -0.15) is 0 Å². The highest BCUT2D eigenvalue weighted by Gasteiger charge is 2.20. The van der Waals surface area contributed by atoms with Crippen molar-refractivity contribution in [3.8, 4) is 11.5 Å². The Morgan fingerprint density at radius 1 is 1.00 bits per heavy atom. The summed E-state index contributed by atoms with van der Waals surface area (Å²) in [7, 11) is -1.08. The molecule has 0 bridgehead atoms. The number of hydrogen-bond donors (Lipinski definition) is 0. The lowest BCUT2D eigenvalue weighted by atomic mass is 10.0. The van der Waals surface area contributed by atoms with Gasteiger partial charge in [-0.25, -0.2) is 0 Å². The summed E-state index contributed by atoms with van der Waals surface area (Å²) < 4.78 is 11.5. The maximum atomic E-state index is 12.9. The molecule has 0 aliphatic heterocycles. The minimum atomic E-state index is -1.64. The quantitative estimate of drug-likeness (QED) is 0.581. The Morgan fingerprint density at radius 3 is 2.12 bits per heavy atom. The monoisotopic (exact) mass is 358 g/mol. The van der Waals surface area contributed by atoms with E-state index in [9.17, 15) is 4.79 Å². The number of ketones is 1. The molecule has 2 rings (SSSR count). The van der Waals surface area contributed by atoms with Crippen LogP contribution in [0.1, 0.15) is 15.9 Å². The number of rotatable bonds is 6. The minimum Gasteiger partial charge on any atom is -0.544 e. The highest BCUT2D eigenvalue weighted by Crippen LogP contribution is 2.23. The normalized spacial score (nSPS) is 11.5. The molecule has 0 spiro atoms. The zero-order chi connectivity index (χ0) is 17.9. The van der Waals surface area contributed by atoms with E-state index >= 15 is 0 Å². The molecule has 24 heavy (non-hydrogen) atoms. The van der Waals surface area contributed by atoms with Gasteiger partial charge < -0.3 is 9.16 Å². The molecular formula is C19H26O3Si2. The van der Waals surface area contributed by atoms with Crippen molar-refractivity contribution in [2.75, 3.05) is 7.11 Å². The van der Waals surface area contributed by atoms with Crippen molar-refractivity contribution in [2.24, 2.45) is 0 Å². The molecule has 0 atom stereocenters. The second kappa shape index (κ2) is 7.36. The van der Waals surface area contributed by atoms with Crippen LogP contribution in [0.5, 0.6) is 11.5 Å². The lowest BCUT2D eigenvalue weighted by Gasteiger charge is -2.19. The number of methoxy groups -OCH3 is 1. The predicted molar refractivity (Wildman–Crippen MR) is 105 cm³/mol. The fraction of sp³-hybridized carbons (Fsp3) is 0.316. The molecule has 0 radical (unpaired) electrons. The van der Waals surface area contributed by atoms with Gasteiger partial charge in [0.2, 0.25) is 8.32 Å². The highest BCUT2D eigenvalue weighted by atomic mass is 28.4. The molecule has 0 N–H and O–H groups in total. The molecule has 0 unspecified atom stereocenters. The summed E-state index contributed by atoms with van der Waals surface area (Å²) in [4.78, 5) is 12.9. The molecule has 0 aromatic heterocycles. The molecule has 0 aliphatic carbocycles. The third kappa shape index (κ3) is 4.36. The fourth-order valence-corrected chi connectivity index (χ4v) is 4.74. The van der Waals surface area contributed by atoms with E-state index in [0.717, 1.165) is 11.5 Å². The fourth-order valence-electron chi connectivity index (χ4n) is 2.60. The summed E-state index contributed by atoms with van der Waals surface area (Å²) in [6.07, 6.45) is 0. The van der Waals surface area contributed by atoms with Gasteiger partial charge in [-0.3, -0.25) is 4.79 Å². The molecule has 2 aromatic rings. The molecule has 0 amide bonds. The first-order valence-corrected chi connectivity index (χ1v) is 14.5. The number of hydrogen-bond acceptors (Lipinski definition) is 3. The molecule has 0 saturated heterocycles. The molecule has 0 aliphatic rings. The summed E-state index contributed by atoms with van der Waals surface area (Å²) in [6.45, 7) is 10.9. The summed E-state index contributed by atoms with van der Waals surface area (Å²) in [5.74, 6) is 1.54. The smallest absolute Gasteiger partial charge is 0.242 e. The van der Waals surface area contributed by atoms with Crippen molar-refractivity contribution >= 4 is 28.1 Å². The lowest BCUT2D eigenvalue weighted by molar-refractivity contribution is 0.103. The minimum absolute atomic E-state index is 0.0112. The second-order valence-corrected chi connectivity index (χ2v) is 14.5. The van der Waals surface area contributed by atoms with Crippen LogP contribution in [0.2, 0.25) is 32.7 Å². The van der Waals surface area contributed by atoms with Gasteiger partial charge in [-0.1, -0.05) is 25.2 Å². The Balaban J connectivity index is 2.34. The number of carbonyl (C=O) groups is 1.